The van der Waals surface area contributed by atoms with E-state index >= 15 is 0 Å². The lowest BCUT2D eigenvalue weighted by molar-refractivity contribution is 0.300. The van der Waals surface area contributed by atoms with Crippen LogP contribution in [0.25, 0.3) is 0 Å². The Hall–Kier alpha value is -1.42. The zero-order valence-corrected chi connectivity index (χ0v) is 11.6. The van der Waals surface area contributed by atoms with Crippen LogP contribution in [-0.2, 0) is 6.54 Å². The molecule has 0 unspecified atom stereocenters. The molecule has 1 aromatic heterocycles. The van der Waals surface area contributed by atoms with Gasteiger partial charge < -0.3 is 10.6 Å². The van der Waals surface area contributed by atoms with E-state index in [1.54, 1.807) is 6.20 Å². The number of hydrogen-bond donors (Lipinski definition) is 2. The summed E-state index contributed by atoms with van der Waals surface area (Å²) in [7, 11) is 2.10. The van der Waals surface area contributed by atoms with Gasteiger partial charge in [0.25, 0.3) is 0 Å². The van der Waals surface area contributed by atoms with Gasteiger partial charge in [0.1, 0.15) is 0 Å². The van der Waals surface area contributed by atoms with E-state index < -0.39 is 0 Å². The third-order valence-electron chi connectivity index (χ3n) is 3.25. The SMILES string of the molecule is CN(CCCC(C)(C)C(=N)N)Cc1cccnc1. The Morgan fingerprint density at radius 2 is 2.22 bits per heavy atom. The van der Waals surface area contributed by atoms with Gasteiger partial charge in [-0.2, -0.15) is 0 Å². The number of pyridine rings is 1. The quantitative estimate of drug-likeness (QED) is 0.574. The van der Waals surface area contributed by atoms with Gasteiger partial charge in [-0.3, -0.25) is 10.4 Å². The summed E-state index contributed by atoms with van der Waals surface area (Å²) in [5.41, 5.74) is 6.61. The van der Waals surface area contributed by atoms with Gasteiger partial charge in [0.15, 0.2) is 0 Å². The molecule has 0 aromatic carbocycles. The van der Waals surface area contributed by atoms with Crippen LogP contribution >= 0.6 is 0 Å². The molecule has 3 N–H and O–H groups in total. The van der Waals surface area contributed by atoms with E-state index in [-0.39, 0.29) is 11.3 Å². The lowest BCUT2D eigenvalue weighted by atomic mass is 9.86. The Kier molecular flexibility index (Phi) is 5.28. The van der Waals surface area contributed by atoms with Crippen molar-refractivity contribution in [1.29, 1.82) is 5.41 Å². The van der Waals surface area contributed by atoms with Crippen molar-refractivity contribution in [1.82, 2.24) is 9.88 Å². The van der Waals surface area contributed by atoms with Gasteiger partial charge >= 0.3 is 0 Å². The Morgan fingerprint density at radius 3 is 2.78 bits per heavy atom. The van der Waals surface area contributed by atoms with Gasteiger partial charge in [0.05, 0.1) is 5.84 Å². The van der Waals surface area contributed by atoms with Gasteiger partial charge in [-0.05, 0) is 38.1 Å². The van der Waals surface area contributed by atoms with Gasteiger partial charge in [-0.1, -0.05) is 19.9 Å². The molecule has 0 saturated heterocycles. The number of hydrogen-bond acceptors (Lipinski definition) is 3. The maximum absolute atomic E-state index is 7.52. The van der Waals surface area contributed by atoms with E-state index in [9.17, 15) is 0 Å². The van der Waals surface area contributed by atoms with Crippen LogP contribution in [0.3, 0.4) is 0 Å². The predicted molar refractivity (Wildman–Crippen MR) is 75.5 cm³/mol. The smallest absolute Gasteiger partial charge is 0.0963 e. The van der Waals surface area contributed by atoms with Crippen LogP contribution in [0.4, 0.5) is 0 Å². The third kappa shape index (κ3) is 4.84. The van der Waals surface area contributed by atoms with Crippen LogP contribution in [-0.4, -0.2) is 29.3 Å². The minimum atomic E-state index is -0.185. The summed E-state index contributed by atoms with van der Waals surface area (Å²) in [6, 6.07) is 4.05. The summed E-state index contributed by atoms with van der Waals surface area (Å²) in [6.45, 7) is 5.97. The first-order valence-electron chi connectivity index (χ1n) is 6.34. The molecule has 0 amide bonds. The first kappa shape index (κ1) is 14.6. The highest BCUT2D eigenvalue weighted by Gasteiger charge is 2.20. The molecule has 0 aliphatic heterocycles. The molecule has 0 radical (unpaired) electrons. The van der Waals surface area contributed by atoms with Gasteiger partial charge in [-0.15, -0.1) is 0 Å². The zero-order valence-electron chi connectivity index (χ0n) is 11.6. The predicted octanol–water partition coefficient (Wildman–Crippen LogP) is 2.26. The highest BCUT2D eigenvalue weighted by Crippen LogP contribution is 2.21. The molecule has 0 aliphatic carbocycles. The van der Waals surface area contributed by atoms with Crippen molar-refractivity contribution in [2.45, 2.75) is 33.2 Å². The number of amidine groups is 1. The average Bonchev–Trinajstić information content (AvgIpc) is 2.29. The first-order chi connectivity index (χ1) is 8.42. The molecule has 4 heteroatoms. The molecule has 0 bridgehead atoms. The zero-order chi connectivity index (χ0) is 13.6. The number of nitrogens with two attached hydrogens (primary N) is 1. The second kappa shape index (κ2) is 6.50. The molecule has 0 fully saturated rings. The van der Waals surface area contributed by atoms with Crippen molar-refractivity contribution in [3.8, 4) is 0 Å². The number of nitrogens with zero attached hydrogens (tertiary/aromatic N) is 2. The second-order valence-corrected chi connectivity index (χ2v) is 5.50. The van der Waals surface area contributed by atoms with E-state index in [0.29, 0.717) is 0 Å². The van der Waals surface area contributed by atoms with E-state index in [0.717, 1.165) is 25.9 Å². The fourth-order valence-corrected chi connectivity index (χ4v) is 1.81. The van der Waals surface area contributed by atoms with Gasteiger partial charge in [0.2, 0.25) is 0 Å². The normalized spacial score (nSPS) is 11.8. The molecule has 4 nitrogen and oxygen atoms in total. The Morgan fingerprint density at radius 1 is 1.50 bits per heavy atom. The van der Waals surface area contributed by atoms with Crippen molar-refractivity contribution in [2.75, 3.05) is 13.6 Å². The largest absolute Gasteiger partial charge is 0.387 e. The molecule has 1 rings (SSSR count). The standard InChI is InChI=1S/C14H24N4/c1-14(2,13(15)16)7-5-9-18(3)11-12-6-4-8-17-10-12/h4,6,8,10H,5,7,9,11H2,1-3H3,(H3,15,16). The van der Waals surface area contributed by atoms with Crippen molar-refractivity contribution >= 4 is 5.84 Å². The molecule has 0 atom stereocenters. The topological polar surface area (TPSA) is 66.0 Å². The molecule has 18 heavy (non-hydrogen) atoms. The van der Waals surface area contributed by atoms with Crippen molar-refractivity contribution < 1.29 is 0 Å². The fraction of sp³-hybridized carbons (Fsp3) is 0.571. The summed E-state index contributed by atoms with van der Waals surface area (Å²) in [5.74, 6) is 0.275. The summed E-state index contributed by atoms with van der Waals surface area (Å²) >= 11 is 0. The van der Waals surface area contributed by atoms with Crippen molar-refractivity contribution in [3.63, 3.8) is 0 Å². The molecule has 0 aliphatic rings. The number of rotatable bonds is 7. The maximum Gasteiger partial charge on any atom is 0.0963 e. The molecule has 1 heterocycles. The van der Waals surface area contributed by atoms with E-state index in [2.05, 4.69) is 23.0 Å². The van der Waals surface area contributed by atoms with E-state index in [4.69, 9.17) is 11.1 Å². The monoisotopic (exact) mass is 248 g/mol. The van der Waals surface area contributed by atoms with Crippen LogP contribution in [0.15, 0.2) is 24.5 Å². The van der Waals surface area contributed by atoms with Crippen LogP contribution in [0, 0.1) is 10.8 Å². The molecular weight excluding hydrogens is 224 g/mol. The lowest BCUT2D eigenvalue weighted by Crippen LogP contribution is -2.31. The molecule has 0 spiro atoms. The van der Waals surface area contributed by atoms with Crippen LogP contribution < -0.4 is 5.73 Å². The molecule has 100 valence electrons. The van der Waals surface area contributed by atoms with Crippen molar-refractivity contribution in [2.24, 2.45) is 11.1 Å². The molecule has 1 aromatic rings. The minimum absolute atomic E-state index is 0.185. The second-order valence-electron chi connectivity index (χ2n) is 5.50. The Balaban J connectivity index is 2.30. The maximum atomic E-state index is 7.52. The molecule has 0 saturated carbocycles. The van der Waals surface area contributed by atoms with Crippen LogP contribution in [0.2, 0.25) is 0 Å². The van der Waals surface area contributed by atoms with Crippen molar-refractivity contribution in [3.05, 3.63) is 30.1 Å². The van der Waals surface area contributed by atoms with Crippen LogP contribution in [0.5, 0.6) is 0 Å². The molecular formula is C14H24N4. The number of aromatic nitrogens is 1. The summed E-state index contributed by atoms with van der Waals surface area (Å²) in [6.07, 6.45) is 5.68. The minimum Gasteiger partial charge on any atom is -0.387 e. The highest BCUT2D eigenvalue weighted by molar-refractivity contribution is 5.82. The van der Waals surface area contributed by atoms with Gasteiger partial charge in [0, 0.05) is 24.4 Å². The van der Waals surface area contributed by atoms with E-state index in [1.165, 1.54) is 5.56 Å². The third-order valence-corrected chi connectivity index (χ3v) is 3.25. The van der Waals surface area contributed by atoms with Gasteiger partial charge in [-0.25, -0.2) is 0 Å². The Bertz CT molecular complexity index is 373. The fourth-order valence-electron chi connectivity index (χ4n) is 1.81. The summed E-state index contributed by atoms with van der Waals surface area (Å²) in [5, 5.41) is 7.52. The Labute approximate surface area is 110 Å². The lowest BCUT2D eigenvalue weighted by Gasteiger charge is -2.24. The van der Waals surface area contributed by atoms with E-state index in [1.807, 2.05) is 26.1 Å². The van der Waals surface area contributed by atoms with Crippen LogP contribution in [0.1, 0.15) is 32.3 Å². The summed E-state index contributed by atoms with van der Waals surface area (Å²) in [4.78, 5) is 6.38. The average molecular weight is 248 g/mol. The highest BCUT2D eigenvalue weighted by atomic mass is 15.1. The first-order valence-corrected chi connectivity index (χ1v) is 6.34. The summed E-state index contributed by atoms with van der Waals surface area (Å²) < 4.78 is 0. The number of nitrogens with one attached hydrogen (secondary N) is 1.